The zero-order valence-electron chi connectivity index (χ0n) is 18.3. The van der Waals surface area contributed by atoms with Crippen molar-refractivity contribution in [3.05, 3.63) is 83.4 Å². The molecule has 0 bridgehead atoms. The van der Waals surface area contributed by atoms with Crippen LogP contribution in [0.3, 0.4) is 0 Å². The molecule has 0 unspecified atom stereocenters. The van der Waals surface area contributed by atoms with Gasteiger partial charge in [0.15, 0.2) is 6.61 Å². The van der Waals surface area contributed by atoms with Gasteiger partial charge < -0.3 is 19.1 Å². The Bertz CT molecular complexity index is 1120. The molecule has 2 heterocycles. The number of halogens is 1. The highest BCUT2D eigenvalue weighted by Crippen LogP contribution is 2.22. The van der Waals surface area contributed by atoms with E-state index in [1.165, 1.54) is 6.07 Å². The zero-order valence-corrected chi connectivity index (χ0v) is 18.3. The van der Waals surface area contributed by atoms with Gasteiger partial charge in [-0.3, -0.25) is 4.79 Å². The first-order valence-corrected chi connectivity index (χ1v) is 10.6. The van der Waals surface area contributed by atoms with Gasteiger partial charge in [0.05, 0.1) is 11.3 Å². The van der Waals surface area contributed by atoms with Gasteiger partial charge in [0.1, 0.15) is 5.82 Å². The summed E-state index contributed by atoms with van der Waals surface area (Å²) < 4.78 is 21.3. The topological polar surface area (TPSA) is 54.8 Å². The molecule has 0 aliphatic carbocycles. The van der Waals surface area contributed by atoms with Crippen molar-refractivity contribution in [3.8, 4) is 5.69 Å². The molecule has 1 aliphatic heterocycles. The molecule has 1 fully saturated rings. The molecule has 166 valence electrons. The third-order valence-electron chi connectivity index (χ3n) is 5.82. The second-order valence-electron chi connectivity index (χ2n) is 7.85. The maximum atomic E-state index is 14.0. The van der Waals surface area contributed by atoms with E-state index in [1.807, 2.05) is 53.6 Å². The van der Waals surface area contributed by atoms with E-state index in [1.54, 1.807) is 29.2 Å². The van der Waals surface area contributed by atoms with Crippen molar-refractivity contribution in [2.24, 2.45) is 0 Å². The summed E-state index contributed by atoms with van der Waals surface area (Å²) in [5, 5.41) is 0. The van der Waals surface area contributed by atoms with Gasteiger partial charge in [-0.1, -0.05) is 30.3 Å². The van der Waals surface area contributed by atoms with E-state index in [9.17, 15) is 14.0 Å². The molecule has 32 heavy (non-hydrogen) atoms. The number of carbonyl (C=O) groups excluding carboxylic acids is 2. The van der Waals surface area contributed by atoms with E-state index in [2.05, 4.69) is 0 Å². The largest absolute Gasteiger partial charge is 0.452 e. The summed E-state index contributed by atoms with van der Waals surface area (Å²) in [7, 11) is 0. The van der Waals surface area contributed by atoms with Crippen LogP contribution in [0.4, 0.5) is 10.1 Å². The molecular formula is C25H26FN3O3. The number of hydrogen-bond donors (Lipinski definition) is 0. The lowest BCUT2D eigenvalue weighted by Gasteiger charge is -2.36. The number of hydrogen-bond acceptors (Lipinski definition) is 4. The number of esters is 1. The van der Waals surface area contributed by atoms with Crippen LogP contribution in [0.15, 0.2) is 60.7 Å². The lowest BCUT2D eigenvalue weighted by Crippen LogP contribution is -2.50. The van der Waals surface area contributed by atoms with Gasteiger partial charge in [0, 0.05) is 43.3 Å². The smallest absolute Gasteiger partial charge is 0.340 e. The first kappa shape index (κ1) is 21.6. The molecule has 0 atom stereocenters. The van der Waals surface area contributed by atoms with Crippen molar-refractivity contribution >= 4 is 17.6 Å². The highest BCUT2D eigenvalue weighted by molar-refractivity contribution is 5.93. The number of amides is 1. The maximum absolute atomic E-state index is 14.0. The Hall–Kier alpha value is -3.61. The maximum Gasteiger partial charge on any atom is 0.340 e. The highest BCUT2D eigenvalue weighted by Gasteiger charge is 2.24. The average molecular weight is 435 g/mol. The summed E-state index contributed by atoms with van der Waals surface area (Å²) in [5.74, 6) is -1.03. The van der Waals surface area contributed by atoms with E-state index in [4.69, 9.17) is 4.74 Å². The normalized spacial score (nSPS) is 13.8. The minimum absolute atomic E-state index is 0.247. The van der Waals surface area contributed by atoms with Crippen LogP contribution in [-0.2, 0) is 9.53 Å². The number of aryl methyl sites for hydroxylation is 1. The summed E-state index contributed by atoms with van der Waals surface area (Å²) >= 11 is 0. The fraction of sp³-hybridized carbons (Fsp3) is 0.280. The van der Waals surface area contributed by atoms with Crippen LogP contribution in [0.5, 0.6) is 0 Å². The lowest BCUT2D eigenvalue weighted by atomic mass is 10.2. The van der Waals surface area contributed by atoms with Gasteiger partial charge in [0.2, 0.25) is 0 Å². The van der Waals surface area contributed by atoms with Crippen molar-refractivity contribution in [3.63, 3.8) is 0 Å². The van der Waals surface area contributed by atoms with Gasteiger partial charge in [-0.25, -0.2) is 9.18 Å². The van der Waals surface area contributed by atoms with Crippen molar-refractivity contribution in [1.82, 2.24) is 9.47 Å². The van der Waals surface area contributed by atoms with Crippen molar-refractivity contribution in [2.45, 2.75) is 13.8 Å². The number of rotatable bonds is 5. The Morgan fingerprint density at radius 2 is 1.59 bits per heavy atom. The number of nitrogens with zero attached hydrogens (tertiary/aromatic N) is 3. The van der Waals surface area contributed by atoms with Crippen LogP contribution < -0.4 is 4.90 Å². The number of ether oxygens (including phenoxy) is 1. The van der Waals surface area contributed by atoms with E-state index in [-0.39, 0.29) is 18.3 Å². The molecule has 0 radical (unpaired) electrons. The Morgan fingerprint density at radius 3 is 2.28 bits per heavy atom. The first-order chi connectivity index (χ1) is 15.5. The third-order valence-corrected chi connectivity index (χ3v) is 5.82. The SMILES string of the molecule is Cc1cc(C(=O)OCC(=O)N2CCN(c3ccccc3F)CC2)c(C)n1-c1ccccc1. The number of piperazine rings is 1. The molecule has 1 aliphatic rings. The monoisotopic (exact) mass is 435 g/mol. The van der Waals surface area contributed by atoms with Gasteiger partial charge in [-0.2, -0.15) is 0 Å². The second-order valence-corrected chi connectivity index (χ2v) is 7.85. The van der Waals surface area contributed by atoms with Crippen LogP contribution in [0, 0.1) is 19.7 Å². The van der Waals surface area contributed by atoms with Crippen LogP contribution in [-0.4, -0.2) is 54.1 Å². The van der Waals surface area contributed by atoms with Crippen LogP contribution in [0.1, 0.15) is 21.7 Å². The predicted molar refractivity (Wildman–Crippen MR) is 121 cm³/mol. The quantitative estimate of drug-likeness (QED) is 0.573. The van der Waals surface area contributed by atoms with Gasteiger partial charge >= 0.3 is 5.97 Å². The van der Waals surface area contributed by atoms with Gasteiger partial charge in [-0.05, 0) is 44.2 Å². The Labute approximate surface area is 186 Å². The van der Waals surface area contributed by atoms with Crippen LogP contribution >= 0.6 is 0 Å². The lowest BCUT2D eigenvalue weighted by molar-refractivity contribution is -0.134. The molecule has 6 nitrogen and oxygen atoms in total. The number of carbonyl (C=O) groups is 2. The van der Waals surface area contributed by atoms with Gasteiger partial charge in [0.25, 0.3) is 5.91 Å². The Morgan fingerprint density at radius 1 is 0.938 bits per heavy atom. The summed E-state index contributed by atoms with van der Waals surface area (Å²) in [5.41, 5.74) is 3.63. The molecule has 1 amide bonds. The number of anilines is 1. The zero-order chi connectivity index (χ0) is 22.7. The number of para-hydroxylation sites is 2. The molecule has 4 rings (SSSR count). The minimum atomic E-state index is -0.515. The number of benzene rings is 2. The van der Waals surface area contributed by atoms with E-state index in [0.717, 1.165) is 17.1 Å². The standard InChI is InChI=1S/C25H26FN3O3/c1-18-16-21(19(2)29(18)20-8-4-3-5-9-20)25(31)32-17-24(30)28-14-12-27(13-15-28)23-11-7-6-10-22(23)26/h3-11,16H,12-15,17H2,1-2H3. The summed E-state index contributed by atoms with van der Waals surface area (Å²) in [6, 6.07) is 18.2. The molecule has 3 aromatic rings. The highest BCUT2D eigenvalue weighted by atomic mass is 19.1. The summed E-state index contributed by atoms with van der Waals surface area (Å²) in [6.45, 7) is 5.43. The average Bonchev–Trinajstić information content (AvgIpc) is 3.12. The fourth-order valence-corrected chi connectivity index (χ4v) is 4.15. The Balaban J connectivity index is 1.34. The van der Waals surface area contributed by atoms with Crippen LogP contribution in [0.25, 0.3) is 5.69 Å². The second kappa shape index (κ2) is 9.26. The van der Waals surface area contributed by atoms with E-state index >= 15 is 0 Å². The van der Waals surface area contributed by atoms with Crippen molar-refractivity contribution < 1.29 is 18.7 Å². The Kier molecular flexibility index (Phi) is 6.25. The number of aromatic nitrogens is 1. The molecule has 2 aromatic carbocycles. The van der Waals surface area contributed by atoms with E-state index in [0.29, 0.717) is 37.4 Å². The molecule has 1 saturated heterocycles. The summed E-state index contributed by atoms with van der Waals surface area (Å²) in [4.78, 5) is 28.8. The molecule has 0 N–H and O–H groups in total. The first-order valence-electron chi connectivity index (χ1n) is 10.6. The summed E-state index contributed by atoms with van der Waals surface area (Å²) in [6.07, 6.45) is 0. The predicted octanol–water partition coefficient (Wildman–Crippen LogP) is 3.74. The van der Waals surface area contributed by atoms with Gasteiger partial charge in [-0.15, -0.1) is 0 Å². The molecule has 0 saturated carbocycles. The molecular weight excluding hydrogens is 409 g/mol. The fourth-order valence-electron chi connectivity index (χ4n) is 4.15. The molecule has 0 spiro atoms. The van der Waals surface area contributed by atoms with Crippen molar-refractivity contribution in [2.75, 3.05) is 37.7 Å². The van der Waals surface area contributed by atoms with Crippen molar-refractivity contribution in [1.29, 1.82) is 0 Å². The molecule has 1 aromatic heterocycles. The van der Waals surface area contributed by atoms with E-state index < -0.39 is 5.97 Å². The molecule has 7 heteroatoms. The third kappa shape index (κ3) is 4.37. The van der Waals surface area contributed by atoms with Crippen LogP contribution in [0.2, 0.25) is 0 Å². The minimum Gasteiger partial charge on any atom is -0.452 e.